The third-order valence-corrected chi connectivity index (χ3v) is 14.6. The van der Waals surface area contributed by atoms with Crippen molar-refractivity contribution < 1.29 is 29.7 Å². The first kappa shape index (κ1) is 75.0. The van der Waals surface area contributed by atoms with E-state index in [0.29, 0.717) is 26.1 Å². The molecule has 0 rings (SSSR count). The fraction of sp³-hybridized carbons (Fsp3) is 0.902. The number of nitrogens with zero attached hydrogens (tertiary/aromatic N) is 3. The number of aliphatic imine (C=N–C) groups is 3. The lowest BCUT2D eigenvalue weighted by atomic mass is 9.95. The molecule has 0 aromatic carbocycles. The molecule has 0 spiro atoms. The zero-order chi connectivity index (χ0) is 54.4. The number of carboxylic acid groups (broad SMARTS) is 3. The molecule has 73 heavy (non-hydrogen) atoms. The van der Waals surface area contributed by atoms with Crippen LogP contribution >= 0.6 is 36.7 Å². The number of hydrogen-bond acceptors (Lipinski definition) is 9. The Morgan fingerprint density at radius 3 is 0.644 bits per heavy atom. The maximum absolute atomic E-state index is 11.3. The quantitative estimate of drug-likeness (QED) is 0.0307. The lowest BCUT2D eigenvalue weighted by molar-refractivity contribution is -0.143. The number of carboxylic acids is 3. The molecule has 0 saturated carbocycles. The van der Waals surface area contributed by atoms with Gasteiger partial charge in [-0.3, -0.25) is 14.4 Å². The van der Waals surface area contributed by atoms with E-state index in [2.05, 4.69) is 87.9 Å². The highest BCUT2D eigenvalue weighted by molar-refractivity contribution is 7.78. The minimum atomic E-state index is -0.664. The first-order chi connectivity index (χ1) is 35.7. The van der Waals surface area contributed by atoms with Crippen molar-refractivity contribution in [2.45, 2.75) is 316 Å². The molecule has 0 heterocycles. The summed E-state index contributed by atoms with van der Waals surface area (Å²) in [6.07, 6.45) is 55.0. The second-order valence-electron chi connectivity index (χ2n) is 20.8. The second kappa shape index (κ2) is 65.9. The van der Waals surface area contributed by atoms with Gasteiger partial charge in [-0.15, -0.1) is 0 Å². The van der Waals surface area contributed by atoms with Crippen molar-refractivity contribution in [3.05, 3.63) is 0 Å². The SMILES string of the molecule is CCCCCCCCCCCCCC(CCCCN=C=S)C(=O)O.CCCCCCCCCCCCCC(CCCN=C=S)C(=O)O.CCCCCCCCCCCCCCCC(CCCCN=C=S)C(=O)O. The van der Waals surface area contributed by atoms with Crippen molar-refractivity contribution in [2.24, 2.45) is 32.7 Å². The molecule has 0 saturated heterocycles. The van der Waals surface area contributed by atoms with Crippen LogP contribution in [0.2, 0.25) is 0 Å². The van der Waals surface area contributed by atoms with Crippen LogP contribution in [-0.4, -0.2) is 68.3 Å². The molecule has 0 amide bonds. The van der Waals surface area contributed by atoms with Gasteiger partial charge in [0.1, 0.15) is 0 Å². The summed E-state index contributed by atoms with van der Waals surface area (Å²) < 4.78 is 0. The van der Waals surface area contributed by atoms with Crippen LogP contribution in [0.25, 0.3) is 0 Å². The lowest BCUT2D eigenvalue weighted by Gasteiger charge is -2.11. The summed E-state index contributed by atoms with van der Waals surface area (Å²) in [4.78, 5) is 45.4. The topological polar surface area (TPSA) is 149 Å². The number of aliphatic carboxylic acids is 3. The van der Waals surface area contributed by atoms with Crippen LogP contribution in [0.15, 0.2) is 15.0 Å². The lowest BCUT2D eigenvalue weighted by Crippen LogP contribution is -2.14. The first-order valence-electron chi connectivity index (χ1n) is 30.5. The standard InChI is InChI=1S/C22H41NO2S.C20H37NO2S.C19H35NO2S/c1-2-3-4-5-6-7-8-9-10-11-12-13-14-17-21(22(24)25)18-15-16-19-23-20-26;1-2-3-4-5-6-7-8-9-10-11-12-15-19(20(22)23)16-13-14-17-21-18-24;1-2-3-4-5-6-7-8-9-10-11-12-14-18(19(21)22)15-13-16-20-17-23/h21H,2-19H2,1H3,(H,24,25);19H,2-17H2,1H3,(H,22,23);18H,2-16H2,1H3,(H,21,22). The minimum Gasteiger partial charge on any atom is -0.481 e. The van der Waals surface area contributed by atoms with Crippen molar-refractivity contribution in [1.82, 2.24) is 0 Å². The number of rotatable bonds is 55. The van der Waals surface area contributed by atoms with E-state index in [0.717, 1.165) is 89.9 Å². The molecule has 0 fully saturated rings. The Bertz CT molecular complexity index is 1350. The van der Waals surface area contributed by atoms with Crippen molar-refractivity contribution in [2.75, 3.05) is 19.6 Å². The van der Waals surface area contributed by atoms with Crippen LogP contribution in [0.3, 0.4) is 0 Å². The number of unbranched alkanes of at least 4 members (excludes halogenated alkanes) is 34. The Morgan fingerprint density at radius 2 is 0.452 bits per heavy atom. The molecule has 0 bridgehead atoms. The van der Waals surface area contributed by atoms with Crippen LogP contribution in [-0.2, 0) is 14.4 Å². The van der Waals surface area contributed by atoms with Crippen LogP contribution in [0.4, 0.5) is 0 Å². The van der Waals surface area contributed by atoms with Crippen molar-refractivity contribution >= 4 is 70.0 Å². The molecule has 0 aromatic heterocycles. The molecule has 3 atom stereocenters. The fourth-order valence-electron chi connectivity index (χ4n) is 9.41. The molecular weight excluding hydrogens is 967 g/mol. The van der Waals surface area contributed by atoms with Gasteiger partial charge in [0.15, 0.2) is 0 Å². The van der Waals surface area contributed by atoms with Gasteiger partial charge < -0.3 is 15.3 Å². The number of thiocarbonyl (C=S) groups is 3. The van der Waals surface area contributed by atoms with Gasteiger partial charge in [-0.1, -0.05) is 258 Å². The van der Waals surface area contributed by atoms with Gasteiger partial charge in [0, 0.05) is 19.6 Å². The van der Waals surface area contributed by atoms with Gasteiger partial charge in [-0.25, -0.2) is 15.0 Å². The average molecular weight is 1080 g/mol. The van der Waals surface area contributed by atoms with Crippen molar-refractivity contribution in [1.29, 1.82) is 0 Å². The first-order valence-corrected chi connectivity index (χ1v) is 31.7. The normalized spacial score (nSPS) is 11.9. The van der Waals surface area contributed by atoms with Gasteiger partial charge in [-0.2, -0.15) is 0 Å². The highest BCUT2D eigenvalue weighted by atomic mass is 32.1. The average Bonchev–Trinajstić information content (AvgIpc) is 3.37. The summed E-state index contributed by atoms with van der Waals surface area (Å²) in [5.74, 6) is -2.51. The maximum atomic E-state index is 11.3. The molecule has 0 aliphatic carbocycles. The van der Waals surface area contributed by atoms with E-state index in [4.69, 9.17) is 0 Å². The molecular formula is C61H113N3O6S3. The van der Waals surface area contributed by atoms with Crippen LogP contribution in [0.1, 0.15) is 316 Å². The zero-order valence-electron chi connectivity index (χ0n) is 47.5. The van der Waals surface area contributed by atoms with Gasteiger partial charge in [0.2, 0.25) is 0 Å². The molecule has 0 aromatic rings. The summed E-state index contributed by atoms with van der Waals surface area (Å²) in [6, 6.07) is 0. The molecule has 9 nitrogen and oxygen atoms in total. The third-order valence-electron chi connectivity index (χ3n) is 14.2. The smallest absolute Gasteiger partial charge is 0.306 e. The van der Waals surface area contributed by atoms with Crippen LogP contribution < -0.4 is 0 Å². The molecule has 426 valence electrons. The van der Waals surface area contributed by atoms with Crippen LogP contribution in [0, 0.1) is 17.8 Å². The molecule has 0 radical (unpaired) electrons. The van der Waals surface area contributed by atoms with E-state index in [9.17, 15) is 29.7 Å². The highest BCUT2D eigenvalue weighted by Crippen LogP contribution is 2.22. The Morgan fingerprint density at radius 1 is 0.288 bits per heavy atom. The predicted octanol–water partition coefficient (Wildman–Crippen LogP) is 20.4. The van der Waals surface area contributed by atoms with Gasteiger partial charge in [0.25, 0.3) is 0 Å². The van der Waals surface area contributed by atoms with Crippen molar-refractivity contribution in [3.63, 3.8) is 0 Å². The summed E-state index contributed by atoms with van der Waals surface area (Å²) in [5, 5.41) is 34.8. The fourth-order valence-corrected chi connectivity index (χ4v) is 9.68. The Labute approximate surface area is 465 Å². The summed E-state index contributed by atoms with van der Waals surface area (Å²) >= 11 is 13.5. The summed E-state index contributed by atoms with van der Waals surface area (Å²) in [6.45, 7) is 8.73. The molecule has 3 unspecified atom stereocenters. The zero-order valence-corrected chi connectivity index (χ0v) is 50.0. The van der Waals surface area contributed by atoms with E-state index in [-0.39, 0.29) is 17.8 Å². The molecule has 3 N–H and O–H groups in total. The summed E-state index contributed by atoms with van der Waals surface area (Å²) in [7, 11) is 0. The number of hydrogen-bond donors (Lipinski definition) is 3. The van der Waals surface area contributed by atoms with Gasteiger partial charge in [-0.05, 0) is 94.4 Å². The Balaban J connectivity index is -0.00000101. The van der Waals surface area contributed by atoms with Gasteiger partial charge in [0.05, 0.1) is 33.2 Å². The van der Waals surface area contributed by atoms with E-state index < -0.39 is 17.9 Å². The van der Waals surface area contributed by atoms with Crippen molar-refractivity contribution in [3.8, 4) is 0 Å². The number of isothiocyanates is 3. The molecule has 0 aliphatic heterocycles. The monoisotopic (exact) mass is 1080 g/mol. The van der Waals surface area contributed by atoms with Crippen LogP contribution in [0.5, 0.6) is 0 Å². The van der Waals surface area contributed by atoms with E-state index in [1.807, 2.05) is 0 Å². The molecule has 0 aliphatic rings. The third kappa shape index (κ3) is 64.0. The Hall–Kier alpha value is -2.19. The second-order valence-corrected chi connectivity index (χ2v) is 21.4. The predicted molar refractivity (Wildman–Crippen MR) is 322 cm³/mol. The maximum Gasteiger partial charge on any atom is 0.306 e. The molecule has 12 heteroatoms. The van der Waals surface area contributed by atoms with E-state index in [1.54, 1.807) is 0 Å². The number of carbonyl (C=O) groups is 3. The largest absolute Gasteiger partial charge is 0.481 e. The summed E-state index contributed by atoms with van der Waals surface area (Å²) in [5.41, 5.74) is 0. The Kier molecular flexibility index (Phi) is 67.8. The highest BCUT2D eigenvalue weighted by Gasteiger charge is 2.18. The van der Waals surface area contributed by atoms with Gasteiger partial charge >= 0.3 is 17.9 Å². The minimum absolute atomic E-state index is 0.181. The van der Waals surface area contributed by atoms with E-state index >= 15 is 0 Å². The van der Waals surface area contributed by atoms with E-state index in [1.165, 1.54) is 199 Å².